The fourth-order valence-electron chi connectivity index (χ4n) is 9.61. The molecule has 0 heterocycles. The molecule has 0 aliphatic carbocycles. The second-order valence-corrected chi connectivity index (χ2v) is 28.0. The van der Waals surface area contributed by atoms with Crippen LogP contribution in [0.1, 0.15) is 312 Å². The van der Waals surface area contributed by atoms with Crippen LogP contribution in [0.2, 0.25) is 0 Å². The molecular weight excluding hydrogens is 1150 g/mol. The summed E-state index contributed by atoms with van der Waals surface area (Å²) in [5.41, 5.74) is 0. The second kappa shape index (κ2) is 58.6. The van der Waals surface area contributed by atoms with Crippen molar-refractivity contribution >= 4 is 39.5 Å². The summed E-state index contributed by atoms with van der Waals surface area (Å²) in [7, 11) is -9.91. The Kier molecular flexibility index (Phi) is 57.0. The van der Waals surface area contributed by atoms with Crippen molar-refractivity contribution in [3.05, 3.63) is 24.3 Å². The number of aliphatic hydroxyl groups is 1. The first-order chi connectivity index (χ1) is 41.8. The molecule has 0 amide bonds. The summed E-state index contributed by atoms with van der Waals surface area (Å²) < 4.78 is 68.1. The van der Waals surface area contributed by atoms with Gasteiger partial charge in [0.25, 0.3) is 0 Å². The zero-order valence-electron chi connectivity index (χ0n) is 56.0. The molecule has 0 saturated carbocycles. The predicted octanol–water partition coefficient (Wildman–Crippen LogP) is 18.6. The highest BCUT2D eigenvalue weighted by atomic mass is 31.2. The Bertz CT molecular complexity index is 1810. The molecule has 0 spiro atoms. The molecule has 0 bridgehead atoms. The minimum atomic E-state index is -4.96. The van der Waals surface area contributed by atoms with Crippen molar-refractivity contribution in [3.8, 4) is 0 Å². The first-order valence-corrected chi connectivity index (χ1v) is 37.7. The van der Waals surface area contributed by atoms with Crippen LogP contribution in [0.15, 0.2) is 24.3 Å². The van der Waals surface area contributed by atoms with Crippen molar-refractivity contribution in [1.29, 1.82) is 0 Å². The van der Waals surface area contributed by atoms with Gasteiger partial charge in [0.1, 0.15) is 19.3 Å². The van der Waals surface area contributed by atoms with E-state index in [1.807, 2.05) is 0 Å². The number of esters is 4. The Morgan fingerprint density at radius 2 is 0.678 bits per heavy atom. The molecule has 87 heavy (non-hydrogen) atoms. The molecule has 0 aliphatic rings. The third kappa shape index (κ3) is 60.9. The van der Waals surface area contributed by atoms with E-state index in [1.54, 1.807) is 0 Å². The first-order valence-electron chi connectivity index (χ1n) is 34.7. The van der Waals surface area contributed by atoms with Gasteiger partial charge in [-0.25, -0.2) is 9.13 Å². The monoisotopic (exact) mass is 1280 g/mol. The standard InChI is InChI=1S/C68H128O17P2/c1-8-10-11-12-13-14-15-16-17-18-19-20-29-37-44-51-67(72)84-63(55-78-65(70)49-42-35-27-23-21-25-32-39-46-59(3)4)57-82-86(74,75)80-53-62(69)54-81-87(76,77)83-58-64(85-68(73)52-45-38-31-30-34-41-48-61(7)9-2)56-79-66(71)50-43-36-28-24-22-26-33-40-47-60(5)6/h14-17,59-64,69H,8-13,18-58H2,1-7H3,(H,74,75)(H,76,77)/b15-14-,17-16-/t61?,62?,63-,64-/m1/s1. The molecular formula is C68H128O17P2. The van der Waals surface area contributed by atoms with E-state index in [4.69, 9.17) is 37.0 Å². The summed E-state index contributed by atoms with van der Waals surface area (Å²) in [5, 5.41) is 10.6. The van der Waals surface area contributed by atoms with Gasteiger partial charge in [0.2, 0.25) is 0 Å². The highest BCUT2D eigenvalue weighted by Gasteiger charge is 2.30. The van der Waals surface area contributed by atoms with Crippen LogP contribution in [-0.4, -0.2) is 96.7 Å². The minimum Gasteiger partial charge on any atom is -0.462 e. The molecule has 3 N–H and O–H groups in total. The topological polar surface area (TPSA) is 237 Å². The minimum absolute atomic E-state index is 0.0837. The Labute approximate surface area is 529 Å². The zero-order chi connectivity index (χ0) is 64.5. The van der Waals surface area contributed by atoms with E-state index < -0.39 is 97.5 Å². The normalized spacial score (nSPS) is 14.8. The van der Waals surface area contributed by atoms with Gasteiger partial charge in [0.05, 0.1) is 26.4 Å². The Morgan fingerprint density at radius 1 is 0.379 bits per heavy atom. The van der Waals surface area contributed by atoms with Crippen LogP contribution in [0.5, 0.6) is 0 Å². The fraction of sp³-hybridized carbons (Fsp3) is 0.882. The SMILES string of the molecule is CCCCCC/C=C\C=C/CCCCCCCC(=O)O[C@H](COC(=O)CCCCCCCCCCC(C)C)COP(=O)(O)OCC(O)COP(=O)(O)OC[C@@H](COC(=O)CCCCCCCCCCC(C)C)OC(=O)CCCCCCCCC(C)CC. The number of allylic oxidation sites excluding steroid dienone is 4. The summed E-state index contributed by atoms with van der Waals surface area (Å²) in [6.45, 7) is 11.6. The largest absolute Gasteiger partial charge is 0.472 e. The van der Waals surface area contributed by atoms with Crippen molar-refractivity contribution in [2.45, 2.75) is 330 Å². The number of carbonyl (C=O) groups excluding carboxylic acids is 4. The molecule has 0 rings (SSSR count). The van der Waals surface area contributed by atoms with E-state index in [9.17, 15) is 43.2 Å². The number of phosphoric acid groups is 2. The molecule has 0 fully saturated rings. The molecule has 6 atom stereocenters. The van der Waals surface area contributed by atoms with Crippen LogP contribution in [0.4, 0.5) is 0 Å². The first kappa shape index (κ1) is 84.5. The molecule has 0 saturated heterocycles. The third-order valence-electron chi connectivity index (χ3n) is 15.4. The highest BCUT2D eigenvalue weighted by molar-refractivity contribution is 7.47. The lowest BCUT2D eigenvalue weighted by Gasteiger charge is -2.21. The average Bonchev–Trinajstić information content (AvgIpc) is 3.58. The third-order valence-corrected chi connectivity index (χ3v) is 17.3. The van der Waals surface area contributed by atoms with Gasteiger partial charge in [-0.3, -0.25) is 37.3 Å². The number of unbranched alkanes of at least 4 members (excludes halogenated alkanes) is 28. The van der Waals surface area contributed by atoms with Crippen molar-refractivity contribution in [2.75, 3.05) is 39.6 Å². The van der Waals surface area contributed by atoms with E-state index in [0.29, 0.717) is 25.7 Å². The predicted molar refractivity (Wildman–Crippen MR) is 349 cm³/mol. The summed E-state index contributed by atoms with van der Waals surface area (Å²) >= 11 is 0. The molecule has 0 aromatic heterocycles. The second-order valence-electron chi connectivity index (χ2n) is 25.1. The van der Waals surface area contributed by atoms with Gasteiger partial charge in [-0.2, -0.15) is 0 Å². The lowest BCUT2D eigenvalue weighted by atomic mass is 10.00. The number of hydrogen-bond acceptors (Lipinski definition) is 15. The number of phosphoric ester groups is 2. The maximum Gasteiger partial charge on any atom is 0.472 e. The van der Waals surface area contributed by atoms with Crippen LogP contribution in [0.3, 0.4) is 0 Å². The molecule has 19 heteroatoms. The van der Waals surface area contributed by atoms with Gasteiger partial charge >= 0.3 is 39.5 Å². The van der Waals surface area contributed by atoms with Crippen LogP contribution < -0.4 is 0 Å². The van der Waals surface area contributed by atoms with Gasteiger partial charge in [-0.05, 0) is 69.1 Å². The Morgan fingerprint density at radius 3 is 1.02 bits per heavy atom. The van der Waals surface area contributed by atoms with Crippen molar-refractivity contribution in [1.82, 2.24) is 0 Å². The van der Waals surface area contributed by atoms with Gasteiger partial charge < -0.3 is 33.8 Å². The lowest BCUT2D eigenvalue weighted by molar-refractivity contribution is -0.161. The van der Waals surface area contributed by atoms with E-state index in [1.165, 1.54) is 103 Å². The summed E-state index contributed by atoms with van der Waals surface area (Å²) in [4.78, 5) is 72.4. The summed E-state index contributed by atoms with van der Waals surface area (Å²) in [6.07, 6.45) is 44.0. The molecule has 0 radical (unpaired) electrons. The van der Waals surface area contributed by atoms with Crippen molar-refractivity contribution in [2.24, 2.45) is 17.8 Å². The highest BCUT2D eigenvalue weighted by Crippen LogP contribution is 2.45. The van der Waals surface area contributed by atoms with Crippen LogP contribution in [-0.2, 0) is 65.4 Å². The van der Waals surface area contributed by atoms with Crippen molar-refractivity contribution in [3.63, 3.8) is 0 Å². The molecule has 17 nitrogen and oxygen atoms in total. The van der Waals surface area contributed by atoms with Gasteiger partial charge in [0.15, 0.2) is 12.2 Å². The average molecular weight is 1280 g/mol. The number of ether oxygens (including phenoxy) is 4. The maximum absolute atomic E-state index is 13.0. The molecule has 512 valence electrons. The van der Waals surface area contributed by atoms with Crippen LogP contribution in [0.25, 0.3) is 0 Å². The Balaban J connectivity index is 5.29. The van der Waals surface area contributed by atoms with Gasteiger partial charge in [-0.15, -0.1) is 0 Å². The molecule has 0 aromatic carbocycles. The number of aliphatic hydroxyl groups excluding tert-OH is 1. The van der Waals surface area contributed by atoms with Crippen LogP contribution >= 0.6 is 15.6 Å². The molecule has 0 aliphatic heterocycles. The molecule has 4 unspecified atom stereocenters. The van der Waals surface area contributed by atoms with E-state index >= 15 is 0 Å². The quantitative estimate of drug-likeness (QED) is 0.0169. The van der Waals surface area contributed by atoms with Gasteiger partial charge in [-0.1, -0.05) is 259 Å². The Hall–Kier alpha value is -2.46. The number of hydrogen-bond donors (Lipinski definition) is 3. The van der Waals surface area contributed by atoms with E-state index in [2.05, 4.69) is 72.8 Å². The van der Waals surface area contributed by atoms with Crippen LogP contribution in [0, 0.1) is 17.8 Å². The molecule has 0 aromatic rings. The van der Waals surface area contributed by atoms with E-state index in [0.717, 1.165) is 127 Å². The zero-order valence-corrected chi connectivity index (χ0v) is 57.7. The number of carbonyl (C=O) groups is 4. The number of rotatable bonds is 64. The summed E-state index contributed by atoms with van der Waals surface area (Å²) in [6, 6.07) is 0. The summed E-state index contributed by atoms with van der Waals surface area (Å²) in [5.74, 6) is 0.00203. The van der Waals surface area contributed by atoms with E-state index in [-0.39, 0.29) is 25.7 Å². The maximum atomic E-state index is 13.0. The fourth-order valence-corrected chi connectivity index (χ4v) is 11.2. The van der Waals surface area contributed by atoms with Crippen molar-refractivity contribution < 1.29 is 80.2 Å². The smallest absolute Gasteiger partial charge is 0.462 e. The lowest BCUT2D eigenvalue weighted by Crippen LogP contribution is -2.30. The van der Waals surface area contributed by atoms with Gasteiger partial charge in [0, 0.05) is 25.7 Å².